The van der Waals surface area contributed by atoms with Crippen molar-refractivity contribution in [2.45, 2.75) is 37.3 Å². The lowest BCUT2D eigenvalue weighted by Crippen LogP contribution is -2.27. The second-order valence-electron chi connectivity index (χ2n) is 7.75. The van der Waals surface area contributed by atoms with Crippen LogP contribution in [-0.4, -0.2) is 29.3 Å². The summed E-state index contributed by atoms with van der Waals surface area (Å²) < 4.78 is 97.1. The van der Waals surface area contributed by atoms with E-state index < -0.39 is 52.6 Å². The molecule has 1 fully saturated rings. The molecule has 34 heavy (non-hydrogen) atoms. The zero-order valence-corrected chi connectivity index (χ0v) is 19.4. The van der Waals surface area contributed by atoms with Crippen LogP contribution in [0.1, 0.15) is 47.2 Å². The molecule has 0 saturated carbocycles. The van der Waals surface area contributed by atoms with Crippen LogP contribution in [-0.2, 0) is 6.18 Å². The largest absolute Gasteiger partial charge is 0.416 e. The molecule has 1 aliphatic rings. The highest BCUT2D eigenvalue weighted by Crippen LogP contribution is 2.43. The van der Waals surface area contributed by atoms with Gasteiger partial charge in [0.25, 0.3) is 0 Å². The monoisotopic (exact) mass is 549 g/mol. The normalized spacial score (nSPS) is 17.8. The number of rotatable bonds is 5. The first-order valence-corrected chi connectivity index (χ1v) is 11.1. The van der Waals surface area contributed by atoms with Crippen LogP contribution in [0.25, 0.3) is 5.83 Å². The third-order valence-electron chi connectivity index (χ3n) is 5.43. The highest BCUT2D eigenvalue weighted by atomic mass is 35.5. The van der Waals surface area contributed by atoms with E-state index in [0.29, 0.717) is 32.0 Å². The van der Waals surface area contributed by atoms with E-state index in [2.05, 4.69) is 0 Å². The van der Waals surface area contributed by atoms with E-state index in [4.69, 9.17) is 34.8 Å². The Morgan fingerprint density at radius 1 is 0.941 bits per heavy atom. The van der Waals surface area contributed by atoms with Crippen molar-refractivity contribution < 1.29 is 35.8 Å². The quantitative estimate of drug-likeness (QED) is 0.298. The van der Waals surface area contributed by atoms with Crippen LogP contribution in [0, 0.1) is 0 Å². The summed E-state index contributed by atoms with van der Waals surface area (Å²) >= 11 is 17.3. The van der Waals surface area contributed by atoms with Crippen molar-refractivity contribution in [2.75, 3.05) is 13.1 Å². The van der Waals surface area contributed by atoms with Crippen molar-refractivity contribution in [1.82, 2.24) is 4.90 Å². The molecule has 1 heterocycles. The number of benzene rings is 2. The number of allylic oxidation sites excluding steroid dienone is 1. The van der Waals surface area contributed by atoms with Gasteiger partial charge in [-0.2, -0.15) is 26.3 Å². The predicted molar refractivity (Wildman–Crippen MR) is 117 cm³/mol. The number of nitrogens with zero attached hydrogens (tertiary/aromatic N) is 1. The summed E-state index contributed by atoms with van der Waals surface area (Å²) in [6.07, 6.45) is -10.0. The minimum Gasteiger partial charge on any atom is -0.374 e. The van der Waals surface area contributed by atoms with Crippen LogP contribution < -0.4 is 0 Å². The summed E-state index contributed by atoms with van der Waals surface area (Å²) in [5, 5.41) is 9.61. The van der Waals surface area contributed by atoms with Crippen molar-refractivity contribution in [3.8, 4) is 0 Å². The number of likely N-dealkylation sites (tertiary alicyclic amines) is 1. The topological polar surface area (TPSA) is 23.5 Å². The van der Waals surface area contributed by atoms with E-state index in [9.17, 15) is 35.8 Å². The molecule has 0 radical (unpaired) electrons. The van der Waals surface area contributed by atoms with Crippen LogP contribution >= 0.6 is 34.8 Å². The minimum atomic E-state index is -5.02. The first-order chi connectivity index (χ1) is 15.7. The Labute approximate surface area is 205 Å². The molecule has 3 rings (SSSR count). The summed E-state index contributed by atoms with van der Waals surface area (Å²) in [7, 11) is 0. The van der Waals surface area contributed by atoms with Gasteiger partial charge in [-0.3, -0.25) is 4.90 Å². The molecule has 2 aromatic rings. The van der Waals surface area contributed by atoms with Crippen LogP contribution in [0.3, 0.4) is 0 Å². The molecule has 0 bridgehead atoms. The minimum absolute atomic E-state index is 0.141. The SMILES string of the molecule is OC(c1ccc(/C(F)=C/C(c2cc(Cl)c(Cl)c(Cl)c2)C(F)(F)F)cc1C(F)(F)F)N1CCCC1. The lowest BCUT2D eigenvalue weighted by atomic mass is 9.95. The Bertz CT molecular complexity index is 1060. The average Bonchev–Trinajstić information content (AvgIpc) is 3.28. The molecule has 2 nitrogen and oxygen atoms in total. The third kappa shape index (κ3) is 5.99. The standard InChI is InChI=1S/C22H17Cl3F7NO/c23-16-8-12(9-17(24)19(16)25)14(21(27,28)29)10-18(26)11-3-4-13(15(7-11)22(30,31)32)20(34)33-5-1-2-6-33/h3-4,7-10,14,20,34H,1-2,5-6H2/b18-10-. The van der Waals surface area contributed by atoms with Gasteiger partial charge in [0.2, 0.25) is 0 Å². The molecule has 2 unspecified atom stereocenters. The van der Waals surface area contributed by atoms with Gasteiger partial charge in [-0.15, -0.1) is 0 Å². The van der Waals surface area contributed by atoms with Gasteiger partial charge in [0, 0.05) is 24.2 Å². The smallest absolute Gasteiger partial charge is 0.374 e. The zero-order valence-electron chi connectivity index (χ0n) is 17.1. The number of alkyl halides is 6. The van der Waals surface area contributed by atoms with Crippen LogP contribution in [0.4, 0.5) is 30.7 Å². The summed E-state index contributed by atoms with van der Waals surface area (Å²) in [6, 6.07) is 3.86. The molecule has 1 saturated heterocycles. The van der Waals surface area contributed by atoms with Crippen molar-refractivity contribution in [3.05, 3.63) is 73.7 Å². The number of aliphatic hydroxyl groups excluding tert-OH is 1. The van der Waals surface area contributed by atoms with Crippen molar-refractivity contribution in [1.29, 1.82) is 0 Å². The number of hydrogen-bond donors (Lipinski definition) is 1. The second-order valence-corrected chi connectivity index (χ2v) is 8.94. The molecule has 0 amide bonds. The highest BCUT2D eigenvalue weighted by Gasteiger charge is 2.41. The fraction of sp³-hybridized carbons (Fsp3) is 0.364. The highest BCUT2D eigenvalue weighted by molar-refractivity contribution is 6.48. The van der Waals surface area contributed by atoms with E-state index in [0.717, 1.165) is 24.3 Å². The van der Waals surface area contributed by atoms with Crippen LogP contribution in [0.5, 0.6) is 0 Å². The Morgan fingerprint density at radius 3 is 2.00 bits per heavy atom. The maximum absolute atomic E-state index is 14.9. The number of aliphatic hydroxyl groups is 1. The summed E-state index contributed by atoms with van der Waals surface area (Å²) in [4.78, 5) is 1.43. The zero-order chi connectivity index (χ0) is 25.4. The molecule has 1 N–H and O–H groups in total. The van der Waals surface area contributed by atoms with Gasteiger partial charge in [0.1, 0.15) is 18.0 Å². The fourth-order valence-corrected chi connectivity index (χ4v) is 4.35. The van der Waals surface area contributed by atoms with Gasteiger partial charge in [-0.05, 0) is 42.7 Å². The Balaban J connectivity index is 2.06. The van der Waals surface area contributed by atoms with E-state index in [1.54, 1.807) is 0 Å². The molecule has 12 heteroatoms. The van der Waals surface area contributed by atoms with Crippen molar-refractivity contribution in [3.63, 3.8) is 0 Å². The van der Waals surface area contributed by atoms with Crippen LogP contribution in [0.2, 0.25) is 15.1 Å². The van der Waals surface area contributed by atoms with Crippen molar-refractivity contribution >= 4 is 40.6 Å². The van der Waals surface area contributed by atoms with Crippen molar-refractivity contribution in [2.24, 2.45) is 0 Å². The Kier molecular flexibility index (Phi) is 8.14. The van der Waals surface area contributed by atoms with Crippen LogP contribution in [0.15, 0.2) is 36.4 Å². The fourth-order valence-electron chi connectivity index (χ4n) is 3.74. The first kappa shape index (κ1) is 27.1. The van der Waals surface area contributed by atoms with E-state index in [1.165, 1.54) is 4.90 Å². The van der Waals surface area contributed by atoms with E-state index >= 15 is 0 Å². The molecule has 2 aromatic carbocycles. The predicted octanol–water partition coefficient (Wildman–Crippen LogP) is 8.41. The van der Waals surface area contributed by atoms with Gasteiger partial charge < -0.3 is 5.11 Å². The summed E-state index contributed by atoms with van der Waals surface area (Å²) in [5.41, 5.74) is -3.12. The second kappa shape index (κ2) is 10.2. The van der Waals surface area contributed by atoms with E-state index in [-0.39, 0.29) is 21.1 Å². The van der Waals surface area contributed by atoms with Gasteiger partial charge in [0.15, 0.2) is 0 Å². The molecule has 0 aromatic heterocycles. The molecule has 0 spiro atoms. The number of hydrogen-bond acceptors (Lipinski definition) is 2. The lowest BCUT2D eigenvalue weighted by Gasteiger charge is -2.26. The maximum atomic E-state index is 14.9. The first-order valence-electron chi connectivity index (χ1n) is 9.92. The molecule has 2 atom stereocenters. The van der Waals surface area contributed by atoms with Gasteiger partial charge in [0.05, 0.1) is 20.6 Å². The Morgan fingerprint density at radius 2 is 1.50 bits per heavy atom. The molecular weight excluding hydrogens is 534 g/mol. The average molecular weight is 551 g/mol. The van der Waals surface area contributed by atoms with Gasteiger partial charge in [-0.1, -0.05) is 46.9 Å². The van der Waals surface area contributed by atoms with E-state index in [1.807, 2.05) is 0 Å². The molecular formula is C22H17Cl3F7NO. The third-order valence-corrected chi connectivity index (χ3v) is 6.63. The van der Waals surface area contributed by atoms with Gasteiger partial charge in [-0.25, -0.2) is 4.39 Å². The molecule has 1 aliphatic heterocycles. The lowest BCUT2D eigenvalue weighted by molar-refractivity contribution is -0.141. The summed E-state index contributed by atoms with van der Waals surface area (Å²) in [6.45, 7) is 0.766. The molecule has 186 valence electrons. The Hall–Kier alpha value is -1.52. The summed E-state index contributed by atoms with van der Waals surface area (Å²) in [5.74, 6) is -4.11. The van der Waals surface area contributed by atoms with Gasteiger partial charge >= 0.3 is 12.4 Å². The molecule has 0 aliphatic carbocycles. The maximum Gasteiger partial charge on any atom is 0.416 e. The number of halogens is 10.